The number of aryl methyl sites for hydroxylation is 3. The third kappa shape index (κ3) is 3.73. The van der Waals surface area contributed by atoms with E-state index in [4.69, 9.17) is 0 Å². The third-order valence-electron chi connectivity index (χ3n) is 5.86. The number of carbonyl (C=O) groups is 1. The molecule has 0 saturated carbocycles. The number of carbonyl (C=O) groups excluding carboxylic acids is 1. The number of para-hydroxylation sites is 1. The van der Waals surface area contributed by atoms with Crippen LogP contribution in [0.4, 0.5) is 5.69 Å². The van der Waals surface area contributed by atoms with Gasteiger partial charge in [-0.2, -0.15) is 0 Å². The summed E-state index contributed by atoms with van der Waals surface area (Å²) in [5, 5.41) is 3.76. The number of anilines is 1. The Bertz CT molecular complexity index is 1110. The van der Waals surface area contributed by atoms with Gasteiger partial charge in [0.05, 0.1) is 11.7 Å². The van der Waals surface area contributed by atoms with E-state index >= 15 is 0 Å². The minimum atomic E-state index is -0.193. The fraction of sp³-hybridized carbons (Fsp3) is 0.435. The van der Waals surface area contributed by atoms with Gasteiger partial charge in [-0.05, 0) is 54.7 Å². The number of aromatic nitrogens is 2. The van der Waals surface area contributed by atoms with Gasteiger partial charge in [-0.15, -0.1) is 11.3 Å². The zero-order chi connectivity index (χ0) is 20.5. The van der Waals surface area contributed by atoms with Crippen molar-refractivity contribution in [2.24, 2.45) is 5.92 Å². The molecule has 29 heavy (non-hydrogen) atoms. The molecule has 4 rings (SSSR count). The maximum absolute atomic E-state index is 13.1. The molecule has 0 unspecified atom stereocenters. The Kier molecular flexibility index (Phi) is 5.54. The van der Waals surface area contributed by atoms with E-state index in [9.17, 15) is 9.59 Å². The quantitative estimate of drug-likeness (QED) is 0.681. The van der Waals surface area contributed by atoms with Crippen LogP contribution < -0.4 is 10.9 Å². The van der Waals surface area contributed by atoms with E-state index in [1.165, 1.54) is 15.8 Å². The molecule has 1 amide bonds. The number of benzene rings is 1. The summed E-state index contributed by atoms with van der Waals surface area (Å²) < 4.78 is 1.45. The lowest BCUT2D eigenvalue weighted by atomic mass is 9.89. The highest BCUT2D eigenvalue weighted by atomic mass is 32.1. The largest absolute Gasteiger partial charge is 0.324 e. The van der Waals surface area contributed by atoms with Crippen LogP contribution >= 0.6 is 11.3 Å². The van der Waals surface area contributed by atoms with E-state index in [0.717, 1.165) is 64.7 Å². The van der Waals surface area contributed by atoms with Crippen LogP contribution in [0.25, 0.3) is 10.2 Å². The van der Waals surface area contributed by atoms with Crippen molar-refractivity contribution in [1.29, 1.82) is 0 Å². The number of nitrogens with one attached hydrogen (secondary N) is 1. The Morgan fingerprint density at radius 3 is 2.69 bits per heavy atom. The lowest BCUT2D eigenvalue weighted by Gasteiger charge is -2.17. The van der Waals surface area contributed by atoms with Gasteiger partial charge in [-0.3, -0.25) is 14.2 Å². The van der Waals surface area contributed by atoms with Crippen molar-refractivity contribution >= 4 is 33.1 Å². The monoisotopic (exact) mass is 409 g/mol. The minimum absolute atomic E-state index is 0.0238. The molecule has 0 radical (unpaired) electrons. The summed E-state index contributed by atoms with van der Waals surface area (Å²) in [5.74, 6) is 0.455. The van der Waals surface area contributed by atoms with Gasteiger partial charge >= 0.3 is 0 Å². The Morgan fingerprint density at radius 1 is 1.28 bits per heavy atom. The summed E-state index contributed by atoms with van der Waals surface area (Å²) in [6.45, 7) is 6.38. The van der Waals surface area contributed by atoms with Crippen molar-refractivity contribution in [1.82, 2.24) is 9.55 Å². The molecule has 1 aliphatic carbocycles. The van der Waals surface area contributed by atoms with Gasteiger partial charge in [-0.1, -0.05) is 39.0 Å². The third-order valence-corrected chi connectivity index (χ3v) is 7.02. The summed E-state index contributed by atoms with van der Waals surface area (Å²) >= 11 is 1.63. The van der Waals surface area contributed by atoms with Crippen LogP contribution in [-0.4, -0.2) is 15.5 Å². The van der Waals surface area contributed by atoms with Crippen LogP contribution in [-0.2, 0) is 37.0 Å². The van der Waals surface area contributed by atoms with E-state index < -0.39 is 0 Å². The number of hydrogen-bond donors (Lipinski definition) is 1. The molecule has 6 heteroatoms. The molecule has 0 aliphatic heterocycles. The van der Waals surface area contributed by atoms with Crippen molar-refractivity contribution in [2.75, 3.05) is 5.32 Å². The molecule has 1 aromatic carbocycles. The van der Waals surface area contributed by atoms with Crippen molar-refractivity contribution in [3.05, 3.63) is 56.4 Å². The molecule has 0 spiro atoms. The Balaban J connectivity index is 1.63. The first kappa shape index (κ1) is 19.8. The molecule has 1 N–H and O–H groups in total. The second-order valence-corrected chi connectivity index (χ2v) is 9.00. The highest BCUT2D eigenvalue weighted by Crippen LogP contribution is 2.35. The Hall–Kier alpha value is -2.47. The van der Waals surface area contributed by atoms with Gasteiger partial charge in [0, 0.05) is 10.6 Å². The predicted octanol–water partition coefficient (Wildman–Crippen LogP) is 4.35. The first-order valence-corrected chi connectivity index (χ1v) is 11.2. The molecular weight excluding hydrogens is 382 g/mol. The standard InChI is InChI=1S/C23H27N3O2S/c1-4-15-7-6-8-16(5-2)21(15)25-19(27)12-26-13-24-22-20(23(26)28)17-10-9-14(3)11-18(17)29-22/h6-8,13-14H,4-5,9-12H2,1-3H3,(H,25,27)/t14-/m0/s1. The summed E-state index contributed by atoms with van der Waals surface area (Å²) in [5.41, 5.74) is 4.16. The van der Waals surface area contributed by atoms with E-state index in [-0.39, 0.29) is 18.0 Å². The van der Waals surface area contributed by atoms with E-state index in [0.29, 0.717) is 5.92 Å². The highest BCUT2D eigenvalue weighted by Gasteiger charge is 2.23. The molecule has 5 nitrogen and oxygen atoms in total. The maximum Gasteiger partial charge on any atom is 0.262 e. The van der Waals surface area contributed by atoms with Gasteiger partial charge < -0.3 is 5.32 Å². The predicted molar refractivity (Wildman–Crippen MR) is 119 cm³/mol. The molecule has 2 heterocycles. The fourth-order valence-corrected chi connectivity index (χ4v) is 5.56. The lowest BCUT2D eigenvalue weighted by Crippen LogP contribution is -2.28. The highest BCUT2D eigenvalue weighted by molar-refractivity contribution is 7.18. The summed E-state index contributed by atoms with van der Waals surface area (Å²) in [6, 6.07) is 6.09. The van der Waals surface area contributed by atoms with Crippen molar-refractivity contribution in [2.45, 2.75) is 59.4 Å². The SMILES string of the molecule is CCc1cccc(CC)c1NC(=O)Cn1cnc2sc3c(c2c1=O)CC[C@H](C)C3. The smallest absolute Gasteiger partial charge is 0.262 e. The van der Waals surface area contributed by atoms with Gasteiger partial charge in [0.1, 0.15) is 11.4 Å². The van der Waals surface area contributed by atoms with Crippen LogP contribution in [0, 0.1) is 5.92 Å². The molecule has 2 aromatic heterocycles. The number of nitrogens with zero attached hydrogens (tertiary/aromatic N) is 2. The van der Waals surface area contributed by atoms with Gasteiger partial charge in [0.25, 0.3) is 5.56 Å². The minimum Gasteiger partial charge on any atom is -0.324 e. The van der Waals surface area contributed by atoms with Crippen LogP contribution in [0.1, 0.15) is 48.8 Å². The summed E-state index contributed by atoms with van der Waals surface area (Å²) in [7, 11) is 0. The molecular formula is C23H27N3O2S. The average molecular weight is 410 g/mol. The zero-order valence-corrected chi connectivity index (χ0v) is 18.1. The maximum atomic E-state index is 13.1. The molecule has 0 bridgehead atoms. The summed E-state index contributed by atoms with van der Waals surface area (Å²) in [4.78, 5) is 32.5. The molecule has 0 fully saturated rings. The molecule has 152 valence electrons. The molecule has 1 aliphatic rings. The average Bonchev–Trinajstić information content (AvgIpc) is 3.08. The second-order valence-electron chi connectivity index (χ2n) is 7.92. The molecule has 1 atom stereocenters. The van der Waals surface area contributed by atoms with E-state index in [1.807, 2.05) is 18.2 Å². The number of hydrogen-bond acceptors (Lipinski definition) is 4. The second kappa shape index (κ2) is 8.11. The Morgan fingerprint density at radius 2 is 2.00 bits per heavy atom. The number of rotatable bonds is 5. The van der Waals surface area contributed by atoms with Gasteiger partial charge in [0.15, 0.2) is 0 Å². The van der Waals surface area contributed by atoms with E-state index in [2.05, 4.69) is 31.1 Å². The fourth-order valence-electron chi connectivity index (χ4n) is 4.22. The van der Waals surface area contributed by atoms with Crippen molar-refractivity contribution in [3.8, 4) is 0 Å². The molecule has 0 saturated heterocycles. The van der Waals surface area contributed by atoms with Crippen LogP contribution in [0.2, 0.25) is 0 Å². The topological polar surface area (TPSA) is 64.0 Å². The van der Waals surface area contributed by atoms with Gasteiger partial charge in [0.2, 0.25) is 5.91 Å². The van der Waals surface area contributed by atoms with Crippen LogP contribution in [0.3, 0.4) is 0 Å². The zero-order valence-electron chi connectivity index (χ0n) is 17.2. The van der Waals surface area contributed by atoms with Crippen LogP contribution in [0.5, 0.6) is 0 Å². The number of thiophene rings is 1. The number of fused-ring (bicyclic) bond motifs is 3. The Labute approximate surface area is 174 Å². The normalized spacial score (nSPS) is 16.0. The van der Waals surface area contributed by atoms with Crippen LogP contribution in [0.15, 0.2) is 29.3 Å². The first-order chi connectivity index (χ1) is 14.0. The lowest BCUT2D eigenvalue weighted by molar-refractivity contribution is -0.116. The van der Waals surface area contributed by atoms with Crippen molar-refractivity contribution < 1.29 is 4.79 Å². The first-order valence-electron chi connectivity index (χ1n) is 10.4. The van der Waals surface area contributed by atoms with Gasteiger partial charge in [-0.25, -0.2) is 4.98 Å². The number of amides is 1. The van der Waals surface area contributed by atoms with E-state index in [1.54, 1.807) is 11.3 Å². The molecule has 3 aromatic rings. The van der Waals surface area contributed by atoms with Crippen molar-refractivity contribution in [3.63, 3.8) is 0 Å². The summed E-state index contributed by atoms with van der Waals surface area (Å²) in [6.07, 6.45) is 6.24.